The number of aliphatic hydroxyl groups excluding tert-OH is 1. The average molecular weight is 369 g/mol. The number of piperidine rings is 1. The molecule has 2 aliphatic rings. The monoisotopic (exact) mass is 369 g/mol. The molecule has 144 valence electrons. The highest BCUT2D eigenvalue weighted by Gasteiger charge is 2.29. The molecule has 27 heavy (non-hydrogen) atoms. The molecule has 2 aromatic rings. The van der Waals surface area contributed by atoms with Gasteiger partial charge in [-0.1, -0.05) is 24.3 Å². The minimum atomic E-state index is -0.0767. The zero-order chi connectivity index (χ0) is 18.6. The number of carbonyl (C=O) groups excluding carboxylic acids is 1. The summed E-state index contributed by atoms with van der Waals surface area (Å²) in [5, 5.41) is 9.27. The average Bonchev–Trinajstić information content (AvgIpc) is 3.16. The first-order chi connectivity index (χ1) is 13.2. The Kier molecular flexibility index (Phi) is 5.55. The van der Waals surface area contributed by atoms with E-state index in [1.807, 2.05) is 4.90 Å². The number of fused-ring (bicyclic) bond motifs is 1. The van der Waals surface area contributed by atoms with Gasteiger partial charge in [0.1, 0.15) is 6.26 Å². The van der Waals surface area contributed by atoms with Crippen LogP contribution < -0.4 is 0 Å². The lowest BCUT2D eigenvalue weighted by atomic mass is 9.99. The summed E-state index contributed by atoms with van der Waals surface area (Å²) in [5.74, 6) is 0.514. The van der Waals surface area contributed by atoms with Gasteiger partial charge >= 0.3 is 0 Å². The van der Waals surface area contributed by atoms with Crippen LogP contribution in [0.4, 0.5) is 0 Å². The number of aromatic nitrogens is 1. The van der Waals surface area contributed by atoms with E-state index in [0.29, 0.717) is 24.6 Å². The number of aliphatic hydroxyl groups is 1. The first-order valence-electron chi connectivity index (χ1n) is 9.90. The molecule has 0 saturated carbocycles. The third kappa shape index (κ3) is 4.06. The molecule has 0 bridgehead atoms. The predicted octanol–water partition coefficient (Wildman–Crippen LogP) is 2.61. The second-order valence-electron chi connectivity index (χ2n) is 7.52. The van der Waals surface area contributed by atoms with Crippen LogP contribution in [0.25, 0.3) is 0 Å². The molecule has 1 aromatic carbocycles. The van der Waals surface area contributed by atoms with Gasteiger partial charge in [0.2, 0.25) is 5.89 Å². The number of hydrogen-bond acceptors (Lipinski definition) is 5. The molecule has 0 spiro atoms. The summed E-state index contributed by atoms with van der Waals surface area (Å²) in [4.78, 5) is 21.5. The van der Waals surface area contributed by atoms with E-state index >= 15 is 0 Å². The summed E-state index contributed by atoms with van der Waals surface area (Å²) in [6.45, 7) is 3.30. The molecular weight excluding hydrogens is 342 g/mol. The zero-order valence-corrected chi connectivity index (χ0v) is 15.6. The van der Waals surface area contributed by atoms with Crippen LogP contribution in [0.1, 0.15) is 53.2 Å². The van der Waals surface area contributed by atoms with Crippen molar-refractivity contribution in [1.29, 1.82) is 0 Å². The number of nitrogens with zero attached hydrogens (tertiary/aromatic N) is 3. The van der Waals surface area contributed by atoms with Crippen LogP contribution in [0.3, 0.4) is 0 Å². The van der Waals surface area contributed by atoms with Crippen molar-refractivity contribution in [2.24, 2.45) is 0 Å². The second-order valence-corrected chi connectivity index (χ2v) is 7.52. The Morgan fingerprint density at radius 2 is 2.07 bits per heavy atom. The molecule has 0 aliphatic carbocycles. The SMILES string of the molecule is O=C(c1coc(CN2CCc3ccccc3C2)n1)N1CCCC[C@@H]1CCO. The summed E-state index contributed by atoms with van der Waals surface area (Å²) in [7, 11) is 0. The first kappa shape index (κ1) is 18.2. The molecular formula is C21H27N3O3. The molecule has 3 heterocycles. The van der Waals surface area contributed by atoms with Gasteiger partial charge in [-0.15, -0.1) is 0 Å². The predicted molar refractivity (Wildman–Crippen MR) is 101 cm³/mol. The molecule has 1 aromatic heterocycles. The van der Waals surface area contributed by atoms with Gasteiger partial charge in [0.05, 0.1) is 6.54 Å². The van der Waals surface area contributed by atoms with Gasteiger partial charge in [-0.05, 0) is 43.2 Å². The number of oxazole rings is 1. The Balaban J connectivity index is 1.40. The van der Waals surface area contributed by atoms with E-state index in [4.69, 9.17) is 4.42 Å². The van der Waals surface area contributed by atoms with E-state index < -0.39 is 0 Å². The molecule has 2 aliphatic heterocycles. The standard InChI is InChI=1S/C21H27N3O3/c25-12-9-18-7-3-4-10-24(18)21(26)19-15-27-20(22-19)14-23-11-8-16-5-1-2-6-17(16)13-23/h1-2,5-6,15,18,25H,3-4,7-14H2/t18-/m1/s1. The Bertz CT molecular complexity index is 786. The normalized spacial score (nSPS) is 20.5. The highest BCUT2D eigenvalue weighted by molar-refractivity contribution is 5.92. The number of hydrogen-bond donors (Lipinski definition) is 1. The lowest BCUT2D eigenvalue weighted by molar-refractivity contribution is 0.0568. The minimum Gasteiger partial charge on any atom is -0.447 e. The van der Waals surface area contributed by atoms with Crippen LogP contribution in [0, 0.1) is 0 Å². The number of likely N-dealkylation sites (tertiary alicyclic amines) is 1. The van der Waals surface area contributed by atoms with Gasteiger partial charge in [-0.25, -0.2) is 4.98 Å². The molecule has 1 amide bonds. The van der Waals surface area contributed by atoms with Gasteiger partial charge < -0.3 is 14.4 Å². The van der Waals surface area contributed by atoms with Crippen molar-refractivity contribution < 1.29 is 14.3 Å². The Morgan fingerprint density at radius 3 is 2.93 bits per heavy atom. The van der Waals surface area contributed by atoms with Crippen LogP contribution >= 0.6 is 0 Å². The van der Waals surface area contributed by atoms with Gasteiger partial charge in [0.25, 0.3) is 5.91 Å². The molecule has 0 unspecified atom stereocenters. The van der Waals surface area contributed by atoms with E-state index in [2.05, 4.69) is 34.1 Å². The van der Waals surface area contributed by atoms with E-state index in [-0.39, 0.29) is 18.6 Å². The maximum atomic E-state index is 12.9. The molecule has 0 radical (unpaired) electrons. The zero-order valence-electron chi connectivity index (χ0n) is 15.6. The van der Waals surface area contributed by atoms with E-state index in [0.717, 1.165) is 45.3 Å². The fourth-order valence-corrected chi connectivity index (χ4v) is 4.23. The van der Waals surface area contributed by atoms with E-state index in [1.165, 1.54) is 17.4 Å². The molecule has 1 fully saturated rings. The fraction of sp³-hybridized carbons (Fsp3) is 0.524. The van der Waals surface area contributed by atoms with E-state index in [1.54, 1.807) is 0 Å². The van der Waals surface area contributed by atoms with Gasteiger partial charge in [-0.2, -0.15) is 0 Å². The summed E-state index contributed by atoms with van der Waals surface area (Å²) in [5.41, 5.74) is 3.15. The van der Waals surface area contributed by atoms with Crippen LogP contribution in [-0.2, 0) is 19.5 Å². The van der Waals surface area contributed by atoms with Crippen molar-refractivity contribution in [3.8, 4) is 0 Å². The first-order valence-corrected chi connectivity index (χ1v) is 9.90. The third-order valence-electron chi connectivity index (χ3n) is 5.69. The Labute approximate surface area is 159 Å². The summed E-state index contributed by atoms with van der Waals surface area (Å²) < 4.78 is 5.61. The molecule has 6 nitrogen and oxygen atoms in total. The smallest absolute Gasteiger partial charge is 0.276 e. The lowest BCUT2D eigenvalue weighted by Gasteiger charge is -2.35. The number of carbonyl (C=O) groups is 1. The largest absolute Gasteiger partial charge is 0.447 e. The van der Waals surface area contributed by atoms with Crippen molar-refractivity contribution in [3.63, 3.8) is 0 Å². The molecule has 1 N–H and O–H groups in total. The third-order valence-corrected chi connectivity index (χ3v) is 5.69. The van der Waals surface area contributed by atoms with Crippen molar-refractivity contribution in [1.82, 2.24) is 14.8 Å². The van der Waals surface area contributed by atoms with Gasteiger partial charge in [0.15, 0.2) is 5.69 Å². The highest BCUT2D eigenvalue weighted by Crippen LogP contribution is 2.23. The van der Waals surface area contributed by atoms with Crippen LogP contribution in [0.15, 0.2) is 34.9 Å². The van der Waals surface area contributed by atoms with Crippen LogP contribution in [0.2, 0.25) is 0 Å². The van der Waals surface area contributed by atoms with Crippen molar-refractivity contribution in [2.45, 2.75) is 51.2 Å². The number of benzene rings is 1. The van der Waals surface area contributed by atoms with Crippen molar-refractivity contribution in [3.05, 3.63) is 53.2 Å². The Morgan fingerprint density at radius 1 is 1.22 bits per heavy atom. The Hall–Kier alpha value is -2.18. The highest BCUT2D eigenvalue weighted by atomic mass is 16.3. The molecule has 1 saturated heterocycles. The van der Waals surface area contributed by atoms with Crippen molar-refractivity contribution in [2.75, 3.05) is 19.7 Å². The van der Waals surface area contributed by atoms with Crippen molar-refractivity contribution >= 4 is 5.91 Å². The molecule has 1 atom stereocenters. The summed E-state index contributed by atoms with van der Waals surface area (Å²) in [6, 6.07) is 8.63. The lowest BCUT2D eigenvalue weighted by Crippen LogP contribution is -2.44. The maximum absolute atomic E-state index is 12.9. The molecule has 4 rings (SSSR count). The summed E-state index contributed by atoms with van der Waals surface area (Å²) in [6.07, 6.45) is 6.20. The topological polar surface area (TPSA) is 69.8 Å². The number of rotatable bonds is 5. The minimum absolute atomic E-state index is 0.0767. The van der Waals surface area contributed by atoms with Crippen LogP contribution in [-0.4, -0.2) is 51.5 Å². The second kappa shape index (κ2) is 8.23. The summed E-state index contributed by atoms with van der Waals surface area (Å²) >= 11 is 0. The van der Waals surface area contributed by atoms with Gasteiger partial charge in [0, 0.05) is 32.3 Å². The molecule has 6 heteroatoms. The fourth-order valence-electron chi connectivity index (χ4n) is 4.23. The van der Waals surface area contributed by atoms with Crippen LogP contribution in [0.5, 0.6) is 0 Å². The number of amides is 1. The quantitative estimate of drug-likeness (QED) is 0.877. The van der Waals surface area contributed by atoms with E-state index in [9.17, 15) is 9.90 Å². The maximum Gasteiger partial charge on any atom is 0.276 e. The van der Waals surface area contributed by atoms with Gasteiger partial charge in [-0.3, -0.25) is 9.69 Å².